The third-order valence-corrected chi connectivity index (χ3v) is 4.32. The normalized spacial score (nSPS) is 19.4. The number of fused-ring (bicyclic) bond motifs is 3. The lowest BCUT2D eigenvalue weighted by Gasteiger charge is -2.13. The highest BCUT2D eigenvalue weighted by Gasteiger charge is 2.32. The number of carbonyl (C=O) groups excluding carboxylic acids is 1. The van der Waals surface area contributed by atoms with Crippen LogP contribution in [0.25, 0.3) is 0 Å². The first-order valence-electron chi connectivity index (χ1n) is 7.44. The second-order valence-corrected chi connectivity index (χ2v) is 5.59. The fourth-order valence-electron chi connectivity index (χ4n) is 3.30. The maximum atomic E-state index is 14.0. The van der Waals surface area contributed by atoms with E-state index in [4.69, 9.17) is 4.74 Å². The predicted octanol–water partition coefficient (Wildman–Crippen LogP) is 2.71. The maximum absolute atomic E-state index is 14.0. The van der Waals surface area contributed by atoms with Crippen LogP contribution in [0, 0.1) is 5.82 Å². The summed E-state index contributed by atoms with van der Waals surface area (Å²) in [4.78, 5) is 11.3. The second kappa shape index (κ2) is 5.43. The van der Waals surface area contributed by atoms with Crippen molar-refractivity contribution >= 4 is 5.91 Å². The summed E-state index contributed by atoms with van der Waals surface area (Å²) >= 11 is 0. The second-order valence-electron chi connectivity index (χ2n) is 5.59. The zero-order chi connectivity index (χ0) is 14.1. The van der Waals surface area contributed by atoms with Crippen molar-refractivity contribution in [2.24, 2.45) is 0 Å². The van der Waals surface area contributed by atoms with Gasteiger partial charge >= 0.3 is 0 Å². The summed E-state index contributed by atoms with van der Waals surface area (Å²) in [7, 11) is 0. The van der Waals surface area contributed by atoms with E-state index >= 15 is 0 Å². The maximum Gasteiger partial charge on any atom is 0.219 e. The van der Waals surface area contributed by atoms with Gasteiger partial charge in [0.1, 0.15) is 0 Å². The summed E-state index contributed by atoms with van der Waals surface area (Å²) in [5, 5.41) is 2.88. The third kappa shape index (κ3) is 2.28. The monoisotopic (exact) mass is 277 g/mol. The third-order valence-electron chi connectivity index (χ3n) is 4.32. The molecule has 0 saturated heterocycles. The summed E-state index contributed by atoms with van der Waals surface area (Å²) in [5.41, 5.74) is 3.52. The van der Waals surface area contributed by atoms with Crippen molar-refractivity contribution in [1.29, 1.82) is 0 Å². The summed E-state index contributed by atoms with van der Waals surface area (Å²) < 4.78 is 19.6. The van der Waals surface area contributed by atoms with Crippen LogP contribution < -0.4 is 10.1 Å². The molecule has 108 valence electrons. The molecule has 1 unspecified atom stereocenters. The molecule has 1 aliphatic heterocycles. The standard InChI is InChI=1S/C16H20FNO2/c1-2-14(19)18-7-6-11-9-20-16-13(17)8-10-4-3-5-12(10)15(11)16/h8,11H,2-7,9H2,1H3,(H,18,19). The van der Waals surface area contributed by atoms with E-state index < -0.39 is 0 Å². The van der Waals surface area contributed by atoms with Crippen LogP contribution in [-0.2, 0) is 17.6 Å². The number of benzene rings is 1. The van der Waals surface area contributed by atoms with Crippen molar-refractivity contribution in [2.45, 2.75) is 44.9 Å². The number of aryl methyl sites for hydroxylation is 1. The Morgan fingerprint density at radius 3 is 3.15 bits per heavy atom. The first-order valence-corrected chi connectivity index (χ1v) is 7.44. The van der Waals surface area contributed by atoms with Gasteiger partial charge in [-0.2, -0.15) is 0 Å². The highest BCUT2D eigenvalue weighted by Crippen LogP contribution is 2.44. The molecule has 1 aliphatic carbocycles. The number of hydrogen-bond acceptors (Lipinski definition) is 2. The van der Waals surface area contributed by atoms with Gasteiger partial charge in [0.15, 0.2) is 11.6 Å². The van der Waals surface area contributed by atoms with Gasteiger partial charge in [0.05, 0.1) is 6.61 Å². The summed E-state index contributed by atoms with van der Waals surface area (Å²) in [6.07, 6.45) is 4.42. The van der Waals surface area contributed by atoms with Gasteiger partial charge in [-0.1, -0.05) is 6.92 Å². The molecule has 2 aliphatic rings. The SMILES string of the molecule is CCC(=O)NCCC1COc2c(F)cc3c(c21)CCC3. The minimum atomic E-state index is -0.222. The Morgan fingerprint density at radius 2 is 2.35 bits per heavy atom. The number of ether oxygens (including phenoxy) is 1. The summed E-state index contributed by atoms with van der Waals surface area (Å²) in [5.74, 6) is 0.511. The molecule has 3 rings (SSSR count). The molecule has 1 heterocycles. The molecule has 1 aromatic carbocycles. The fraction of sp³-hybridized carbons (Fsp3) is 0.562. The Labute approximate surface area is 118 Å². The first kappa shape index (κ1) is 13.4. The first-order chi connectivity index (χ1) is 9.70. The smallest absolute Gasteiger partial charge is 0.219 e. The van der Waals surface area contributed by atoms with Crippen molar-refractivity contribution < 1.29 is 13.9 Å². The number of carbonyl (C=O) groups is 1. The largest absolute Gasteiger partial charge is 0.490 e. The molecule has 0 spiro atoms. The Kier molecular flexibility index (Phi) is 3.64. The number of halogens is 1. The lowest BCUT2D eigenvalue weighted by molar-refractivity contribution is -0.120. The van der Waals surface area contributed by atoms with Gasteiger partial charge in [-0.15, -0.1) is 0 Å². The molecule has 20 heavy (non-hydrogen) atoms. The van der Waals surface area contributed by atoms with E-state index in [0.717, 1.165) is 36.8 Å². The zero-order valence-corrected chi connectivity index (χ0v) is 11.8. The van der Waals surface area contributed by atoms with Crippen molar-refractivity contribution in [3.8, 4) is 5.75 Å². The van der Waals surface area contributed by atoms with Crippen LogP contribution in [0.3, 0.4) is 0 Å². The van der Waals surface area contributed by atoms with Crippen LogP contribution in [0.2, 0.25) is 0 Å². The highest BCUT2D eigenvalue weighted by molar-refractivity contribution is 5.75. The van der Waals surface area contributed by atoms with Crippen molar-refractivity contribution in [1.82, 2.24) is 5.32 Å². The van der Waals surface area contributed by atoms with E-state index in [0.29, 0.717) is 25.3 Å². The molecule has 1 amide bonds. The zero-order valence-electron chi connectivity index (χ0n) is 11.8. The molecular formula is C16H20FNO2. The van der Waals surface area contributed by atoms with Gasteiger partial charge in [-0.25, -0.2) is 4.39 Å². The Balaban J connectivity index is 1.77. The molecule has 1 aromatic rings. The molecule has 0 radical (unpaired) electrons. The molecule has 3 nitrogen and oxygen atoms in total. The quantitative estimate of drug-likeness (QED) is 0.919. The van der Waals surface area contributed by atoms with Crippen LogP contribution in [0.4, 0.5) is 4.39 Å². The predicted molar refractivity (Wildman–Crippen MR) is 74.6 cm³/mol. The fourth-order valence-corrected chi connectivity index (χ4v) is 3.30. The molecule has 1 N–H and O–H groups in total. The van der Waals surface area contributed by atoms with E-state index in [1.807, 2.05) is 6.92 Å². The molecule has 1 atom stereocenters. The van der Waals surface area contributed by atoms with E-state index in [-0.39, 0.29) is 17.6 Å². The Hall–Kier alpha value is -1.58. The van der Waals surface area contributed by atoms with Crippen molar-refractivity contribution in [3.63, 3.8) is 0 Å². The van der Waals surface area contributed by atoms with Crippen LogP contribution in [0.1, 0.15) is 48.8 Å². The van der Waals surface area contributed by atoms with Crippen molar-refractivity contribution in [3.05, 3.63) is 28.6 Å². The van der Waals surface area contributed by atoms with Gasteiger partial charge in [-0.05, 0) is 42.9 Å². The number of rotatable bonds is 4. The summed E-state index contributed by atoms with van der Waals surface area (Å²) in [6.45, 7) is 3.00. The van der Waals surface area contributed by atoms with Gasteiger partial charge in [0.25, 0.3) is 0 Å². The molecule has 0 bridgehead atoms. The highest BCUT2D eigenvalue weighted by atomic mass is 19.1. The number of nitrogens with one attached hydrogen (secondary N) is 1. The molecule has 0 aromatic heterocycles. The van der Waals surface area contributed by atoms with Gasteiger partial charge < -0.3 is 10.1 Å². The van der Waals surface area contributed by atoms with Gasteiger partial charge in [0.2, 0.25) is 5.91 Å². The van der Waals surface area contributed by atoms with Crippen LogP contribution in [0.5, 0.6) is 5.75 Å². The minimum absolute atomic E-state index is 0.0635. The number of hydrogen-bond donors (Lipinski definition) is 1. The van der Waals surface area contributed by atoms with E-state index in [1.165, 1.54) is 5.56 Å². The van der Waals surface area contributed by atoms with Gasteiger partial charge in [-0.3, -0.25) is 4.79 Å². The van der Waals surface area contributed by atoms with Gasteiger partial charge in [0, 0.05) is 24.4 Å². The van der Waals surface area contributed by atoms with E-state index in [2.05, 4.69) is 5.32 Å². The molecule has 0 fully saturated rings. The average molecular weight is 277 g/mol. The van der Waals surface area contributed by atoms with Crippen LogP contribution in [-0.4, -0.2) is 19.1 Å². The topological polar surface area (TPSA) is 38.3 Å². The van der Waals surface area contributed by atoms with Crippen LogP contribution >= 0.6 is 0 Å². The van der Waals surface area contributed by atoms with E-state index in [1.54, 1.807) is 6.07 Å². The lowest BCUT2D eigenvalue weighted by atomic mass is 9.91. The number of amides is 1. The Morgan fingerprint density at radius 1 is 1.50 bits per heavy atom. The lowest BCUT2D eigenvalue weighted by Crippen LogP contribution is -2.25. The van der Waals surface area contributed by atoms with E-state index in [9.17, 15) is 9.18 Å². The molecule has 0 saturated carbocycles. The minimum Gasteiger partial charge on any atom is -0.490 e. The van der Waals surface area contributed by atoms with Crippen molar-refractivity contribution in [2.75, 3.05) is 13.2 Å². The molecular weight excluding hydrogens is 257 g/mol. The summed E-state index contributed by atoms with van der Waals surface area (Å²) in [6, 6.07) is 1.64. The Bertz CT molecular complexity index is 542. The van der Waals surface area contributed by atoms with Crippen LogP contribution in [0.15, 0.2) is 6.07 Å². The average Bonchev–Trinajstić information content (AvgIpc) is 3.05. The molecule has 4 heteroatoms.